The van der Waals surface area contributed by atoms with Crippen LogP contribution in [0, 0.1) is 5.82 Å². The molecule has 5 heterocycles. The van der Waals surface area contributed by atoms with Crippen molar-refractivity contribution in [2.24, 2.45) is 0 Å². The third-order valence-electron chi connectivity index (χ3n) is 6.26. The lowest BCUT2D eigenvalue weighted by Crippen LogP contribution is -2.24. The van der Waals surface area contributed by atoms with Gasteiger partial charge in [-0.25, -0.2) is 24.3 Å². The first-order chi connectivity index (χ1) is 15.6. The van der Waals surface area contributed by atoms with Crippen LogP contribution in [0.25, 0.3) is 22.2 Å². The van der Waals surface area contributed by atoms with E-state index in [-0.39, 0.29) is 29.9 Å². The van der Waals surface area contributed by atoms with E-state index in [1.54, 1.807) is 12.4 Å². The van der Waals surface area contributed by atoms with Crippen molar-refractivity contribution in [2.45, 2.75) is 51.4 Å². The molecule has 3 atom stereocenters. The number of nitrogens with one attached hydrogen (secondary N) is 1. The van der Waals surface area contributed by atoms with Crippen molar-refractivity contribution in [1.29, 1.82) is 0 Å². The number of imidazole rings is 2. The Hall–Kier alpha value is -3.27. The Morgan fingerprint density at radius 2 is 2.12 bits per heavy atom. The second-order valence-corrected chi connectivity index (χ2v) is 8.48. The van der Waals surface area contributed by atoms with Gasteiger partial charge < -0.3 is 19.4 Å². The van der Waals surface area contributed by atoms with Crippen LogP contribution in [0.3, 0.4) is 0 Å². The lowest BCUT2D eigenvalue weighted by Gasteiger charge is -2.26. The number of hydrogen-bond donors (Lipinski definition) is 1. The average Bonchev–Trinajstić information content (AvgIpc) is 3.42. The van der Waals surface area contributed by atoms with Gasteiger partial charge in [0.25, 0.3) is 0 Å². The van der Waals surface area contributed by atoms with Crippen molar-refractivity contribution >= 4 is 28.0 Å². The van der Waals surface area contributed by atoms with E-state index >= 15 is 0 Å². The summed E-state index contributed by atoms with van der Waals surface area (Å²) in [4.78, 5) is 18.3. The van der Waals surface area contributed by atoms with Crippen LogP contribution in [0.5, 0.6) is 5.75 Å². The fourth-order valence-electron chi connectivity index (χ4n) is 4.70. The molecule has 9 nitrogen and oxygen atoms in total. The maximum Gasteiger partial charge on any atom is 0.180 e. The maximum atomic E-state index is 14.3. The van der Waals surface area contributed by atoms with Crippen LogP contribution in [-0.2, 0) is 4.74 Å². The van der Waals surface area contributed by atoms with Gasteiger partial charge in [0.05, 0.1) is 23.9 Å². The lowest BCUT2D eigenvalue weighted by molar-refractivity contribution is -0.0298. The highest BCUT2D eigenvalue weighted by atomic mass is 19.1. The Labute approximate surface area is 183 Å². The van der Waals surface area contributed by atoms with Gasteiger partial charge in [-0.2, -0.15) is 0 Å². The van der Waals surface area contributed by atoms with Crippen molar-refractivity contribution < 1.29 is 13.9 Å². The van der Waals surface area contributed by atoms with Crippen LogP contribution >= 0.6 is 0 Å². The Morgan fingerprint density at radius 1 is 1.22 bits per heavy atom. The molecular weight excluding hydrogens is 413 g/mol. The van der Waals surface area contributed by atoms with E-state index in [0.717, 1.165) is 37.3 Å². The number of fused-ring (bicyclic) bond motifs is 1. The molecule has 1 fully saturated rings. The standard InChI is InChI=1S/C22H24FN7O2/c1-12-9-32-19-14(23)6-7-15-18(19)30(12)21(28-15)13(2)27-20-17-22(25-10-24-20)29(11-26-17)16-5-3-4-8-31-16/h6-7,10-13,16H,3-5,8-9H2,1-2H3,(H,24,25,27)/t12-,13?,16+/m1/s1. The number of anilines is 1. The molecule has 1 N–H and O–H groups in total. The van der Waals surface area contributed by atoms with Gasteiger partial charge in [-0.15, -0.1) is 0 Å². The first-order valence-corrected chi connectivity index (χ1v) is 11.0. The van der Waals surface area contributed by atoms with Gasteiger partial charge in [-0.1, -0.05) is 0 Å². The maximum absolute atomic E-state index is 14.3. The monoisotopic (exact) mass is 437 g/mol. The molecule has 10 heteroatoms. The molecular formula is C22H24FN7O2. The number of nitrogens with zero attached hydrogens (tertiary/aromatic N) is 6. The molecule has 0 bridgehead atoms. The third kappa shape index (κ3) is 2.93. The fourth-order valence-corrected chi connectivity index (χ4v) is 4.70. The van der Waals surface area contributed by atoms with Gasteiger partial charge in [0.2, 0.25) is 0 Å². The van der Waals surface area contributed by atoms with Gasteiger partial charge in [-0.3, -0.25) is 4.57 Å². The van der Waals surface area contributed by atoms with Crippen LogP contribution in [0.2, 0.25) is 0 Å². The number of aromatic nitrogens is 6. The SMILES string of the molecule is CC(Nc1ncnc2c1ncn2[C@@H]1CCCCO1)c1nc2ccc(F)c3c2n1[C@H](C)CO3. The highest BCUT2D eigenvalue weighted by Crippen LogP contribution is 2.38. The van der Waals surface area contributed by atoms with E-state index in [4.69, 9.17) is 14.5 Å². The van der Waals surface area contributed by atoms with Crippen molar-refractivity contribution in [2.75, 3.05) is 18.5 Å². The fraction of sp³-hybridized carbons (Fsp3) is 0.455. The minimum Gasteiger partial charge on any atom is -0.486 e. The second-order valence-electron chi connectivity index (χ2n) is 8.48. The molecule has 166 valence electrons. The van der Waals surface area contributed by atoms with Gasteiger partial charge in [0, 0.05) is 6.61 Å². The Bertz CT molecular complexity index is 1310. The summed E-state index contributed by atoms with van der Waals surface area (Å²) >= 11 is 0. The number of rotatable bonds is 4. The van der Waals surface area contributed by atoms with Gasteiger partial charge >= 0.3 is 0 Å². The molecule has 0 saturated carbocycles. The molecule has 1 aromatic carbocycles. The number of ether oxygens (including phenoxy) is 2. The van der Waals surface area contributed by atoms with Gasteiger partial charge in [0.15, 0.2) is 28.5 Å². The summed E-state index contributed by atoms with van der Waals surface area (Å²) in [6, 6.07) is 2.92. The minimum absolute atomic E-state index is 0.0293. The van der Waals surface area contributed by atoms with E-state index in [1.807, 2.05) is 18.4 Å². The van der Waals surface area contributed by atoms with Crippen molar-refractivity contribution in [1.82, 2.24) is 29.1 Å². The predicted molar refractivity (Wildman–Crippen MR) is 116 cm³/mol. The van der Waals surface area contributed by atoms with E-state index < -0.39 is 0 Å². The molecule has 32 heavy (non-hydrogen) atoms. The highest BCUT2D eigenvalue weighted by Gasteiger charge is 2.29. The minimum atomic E-state index is -0.370. The van der Waals surface area contributed by atoms with E-state index in [0.29, 0.717) is 29.0 Å². The molecule has 0 amide bonds. The molecule has 0 radical (unpaired) electrons. The van der Waals surface area contributed by atoms with Crippen molar-refractivity contribution in [3.8, 4) is 5.75 Å². The summed E-state index contributed by atoms with van der Waals surface area (Å²) in [5.41, 5.74) is 2.83. The van der Waals surface area contributed by atoms with Crippen LogP contribution in [0.1, 0.15) is 57.2 Å². The van der Waals surface area contributed by atoms with Crippen LogP contribution in [-0.4, -0.2) is 42.3 Å². The molecule has 6 rings (SSSR count). The number of hydrogen-bond acceptors (Lipinski definition) is 7. The molecule has 0 spiro atoms. The summed E-state index contributed by atoms with van der Waals surface area (Å²) in [5, 5.41) is 3.45. The zero-order valence-electron chi connectivity index (χ0n) is 18.0. The van der Waals surface area contributed by atoms with E-state index in [2.05, 4.69) is 24.8 Å². The van der Waals surface area contributed by atoms with Crippen LogP contribution in [0.4, 0.5) is 10.2 Å². The normalized spacial score (nSPS) is 21.6. The second kappa shape index (κ2) is 7.40. The largest absolute Gasteiger partial charge is 0.486 e. The first-order valence-electron chi connectivity index (χ1n) is 11.0. The van der Waals surface area contributed by atoms with E-state index in [9.17, 15) is 4.39 Å². The molecule has 4 aromatic rings. The highest BCUT2D eigenvalue weighted by molar-refractivity contribution is 5.85. The summed E-state index contributed by atoms with van der Waals surface area (Å²) in [6.45, 7) is 5.19. The summed E-state index contributed by atoms with van der Waals surface area (Å²) < 4.78 is 29.9. The van der Waals surface area contributed by atoms with Crippen LogP contribution in [0.15, 0.2) is 24.8 Å². The van der Waals surface area contributed by atoms with Crippen LogP contribution < -0.4 is 10.1 Å². The summed E-state index contributed by atoms with van der Waals surface area (Å²) in [5.74, 6) is 1.32. The molecule has 1 unspecified atom stereocenters. The first kappa shape index (κ1) is 19.4. The van der Waals surface area contributed by atoms with Gasteiger partial charge in [0.1, 0.15) is 30.5 Å². The lowest BCUT2D eigenvalue weighted by atomic mass is 10.2. The molecule has 2 aliphatic heterocycles. The van der Waals surface area contributed by atoms with Crippen molar-refractivity contribution in [3.63, 3.8) is 0 Å². The zero-order valence-corrected chi connectivity index (χ0v) is 18.0. The van der Waals surface area contributed by atoms with Gasteiger partial charge in [-0.05, 0) is 45.2 Å². The zero-order chi connectivity index (χ0) is 21.8. The predicted octanol–water partition coefficient (Wildman–Crippen LogP) is 4.14. The Morgan fingerprint density at radius 3 is 2.97 bits per heavy atom. The number of halogens is 1. The smallest absolute Gasteiger partial charge is 0.180 e. The molecule has 3 aromatic heterocycles. The average molecular weight is 437 g/mol. The topological polar surface area (TPSA) is 91.9 Å². The number of benzene rings is 1. The molecule has 1 saturated heterocycles. The summed E-state index contributed by atoms with van der Waals surface area (Å²) in [6.07, 6.45) is 6.40. The Balaban J connectivity index is 1.38. The molecule has 2 aliphatic rings. The summed E-state index contributed by atoms with van der Waals surface area (Å²) in [7, 11) is 0. The van der Waals surface area contributed by atoms with Crippen molar-refractivity contribution in [3.05, 3.63) is 36.4 Å². The third-order valence-corrected chi connectivity index (χ3v) is 6.26. The van der Waals surface area contributed by atoms with E-state index in [1.165, 1.54) is 12.4 Å². The molecule has 0 aliphatic carbocycles. The Kier molecular flexibility index (Phi) is 4.49. The quantitative estimate of drug-likeness (QED) is 0.513.